The van der Waals surface area contributed by atoms with Crippen molar-refractivity contribution in [2.75, 3.05) is 13.2 Å². The van der Waals surface area contributed by atoms with E-state index in [1.54, 1.807) is 0 Å². The number of carbonyl (C=O) groups excluding carboxylic acids is 1. The second-order valence-corrected chi connectivity index (χ2v) is 8.79. The summed E-state index contributed by atoms with van der Waals surface area (Å²) in [4.78, 5) is 13.0. The van der Waals surface area contributed by atoms with Crippen LogP contribution in [0.15, 0.2) is 11.8 Å². The molecule has 5 heteroatoms. The van der Waals surface area contributed by atoms with Crippen LogP contribution in [0.1, 0.15) is 84.0 Å². The van der Waals surface area contributed by atoms with Crippen LogP contribution in [0.2, 0.25) is 0 Å². The Morgan fingerprint density at radius 2 is 1.82 bits per heavy atom. The third kappa shape index (κ3) is 5.73. The highest BCUT2D eigenvalue weighted by Crippen LogP contribution is 2.42. The normalized spacial score (nSPS) is 29.8. The summed E-state index contributed by atoms with van der Waals surface area (Å²) in [7, 11) is 0. The van der Waals surface area contributed by atoms with Gasteiger partial charge in [-0.25, -0.2) is 0 Å². The fourth-order valence-corrected chi connectivity index (χ4v) is 5.35. The van der Waals surface area contributed by atoms with Crippen molar-refractivity contribution in [3.8, 4) is 0 Å². The van der Waals surface area contributed by atoms with E-state index in [0.717, 1.165) is 25.7 Å². The summed E-state index contributed by atoms with van der Waals surface area (Å²) >= 11 is 0. The predicted octanol–water partition coefficient (Wildman–Crippen LogP) is 4.30. The Hall–Kier alpha value is -1.07. The van der Waals surface area contributed by atoms with Gasteiger partial charge in [-0.3, -0.25) is 4.79 Å². The number of hydrogen-bond acceptors (Lipinski definition) is 4. The molecule has 0 radical (unpaired) electrons. The summed E-state index contributed by atoms with van der Waals surface area (Å²) in [6, 6.07) is 0.275. The number of hydrogen-bond donors (Lipinski definition) is 2. The van der Waals surface area contributed by atoms with Crippen LogP contribution in [0.25, 0.3) is 0 Å². The predicted molar refractivity (Wildman–Crippen MR) is 109 cm³/mol. The molecule has 160 valence electrons. The number of amides is 1. The van der Waals surface area contributed by atoms with E-state index in [-0.39, 0.29) is 30.8 Å². The molecule has 0 bridgehead atoms. The second kappa shape index (κ2) is 11.2. The molecule has 5 nitrogen and oxygen atoms in total. The van der Waals surface area contributed by atoms with Gasteiger partial charge in [-0.1, -0.05) is 38.5 Å². The molecule has 3 rings (SSSR count). The van der Waals surface area contributed by atoms with E-state index in [1.165, 1.54) is 51.4 Å². The van der Waals surface area contributed by atoms with Crippen molar-refractivity contribution in [2.24, 2.45) is 17.8 Å². The molecule has 2 N–H and O–H groups in total. The van der Waals surface area contributed by atoms with Crippen molar-refractivity contribution >= 4 is 5.91 Å². The number of aliphatic hydroxyl groups excluding tert-OH is 1. The maximum absolute atomic E-state index is 13.0. The Labute approximate surface area is 170 Å². The van der Waals surface area contributed by atoms with Crippen molar-refractivity contribution in [1.82, 2.24) is 5.32 Å². The number of aliphatic hydroxyl groups is 1. The van der Waals surface area contributed by atoms with Crippen LogP contribution in [-0.4, -0.2) is 36.6 Å². The Balaban J connectivity index is 1.77. The Morgan fingerprint density at radius 3 is 2.46 bits per heavy atom. The average Bonchev–Trinajstić information content (AvgIpc) is 2.74. The van der Waals surface area contributed by atoms with E-state index in [2.05, 4.69) is 11.4 Å². The smallest absolute Gasteiger partial charge is 0.286 e. The van der Waals surface area contributed by atoms with Crippen LogP contribution >= 0.6 is 0 Å². The SMILES string of the molecule is CCO[C@H]1OC(C(=O)NC2CCCCC2)=C[C@@H](C2CCCCC2)[C@@H]1CCCO. The molecule has 2 saturated carbocycles. The molecule has 0 aromatic rings. The zero-order valence-corrected chi connectivity index (χ0v) is 17.5. The minimum Gasteiger partial charge on any atom is -0.459 e. The lowest BCUT2D eigenvalue weighted by Gasteiger charge is -2.41. The number of nitrogens with one attached hydrogen (secondary N) is 1. The van der Waals surface area contributed by atoms with Crippen LogP contribution in [0.4, 0.5) is 0 Å². The molecule has 1 aliphatic heterocycles. The van der Waals surface area contributed by atoms with Gasteiger partial charge in [-0.15, -0.1) is 0 Å². The van der Waals surface area contributed by atoms with E-state index in [9.17, 15) is 9.90 Å². The van der Waals surface area contributed by atoms with Gasteiger partial charge in [-0.05, 0) is 63.4 Å². The molecule has 2 fully saturated rings. The second-order valence-electron chi connectivity index (χ2n) is 8.79. The first-order valence-corrected chi connectivity index (χ1v) is 11.6. The molecule has 28 heavy (non-hydrogen) atoms. The molecule has 0 unspecified atom stereocenters. The van der Waals surface area contributed by atoms with Gasteiger partial charge in [0.25, 0.3) is 5.91 Å². The summed E-state index contributed by atoms with van der Waals surface area (Å²) in [5, 5.41) is 12.6. The van der Waals surface area contributed by atoms with E-state index in [4.69, 9.17) is 9.47 Å². The quantitative estimate of drug-likeness (QED) is 0.645. The third-order valence-electron chi connectivity index (χ3n) is 6.82. The summed E-state index contributed by atoms with van der Waals surface area (Å²) in [5.41, 5.74) is 0. The first-order chi connectivity index (χ1) is 13.7. The van der Waals surface area contributed by atoms with Gasteiger partial charge in [0.15, 0.2) is 5.76 Å². The molecule has 3 atom stereocenters. The van der Waals surface area contributed by atoms with Gasteiger partial charge in [0, 0.05) is 25.2 Å². The van der Waals surface area contributed by atoms with Gasteiger partial charge in [-0.2, -0.15) is 0 Å². The van der Waals surface area contributed by atoms with Crippen LogP contribution < -0.4 is 5.32 Å². The fourth-order valence-electron chi connectivity index (χ4n) is 5.35. The Bertz CT molecular complexity index is 509. The monoisotopic (exact) mass is 393 g/mol. The first kappa shape index (κ1) is 21.6. The number of ether oxygens (including phenoxy) is 2. The Kier molecular flexibility index (Phi) is 8.66. The molecule has 0 aromatic heterocycles. The lowest BCUT2D eigenvalue weighted by atomic mass is 9.71. The van der Waals surface area contributed by atoms with E-state index < -0.39 is 0 Å². The zero-order valence-electron chi connectivity index (χ0n) is 17.5. The molecular formula is C23H39NO4. The van der Waals surface area contributed by atoms with E-state index in [0.29, 0.717) is 24.2 Å². The van der Waals surface area contributed by atoms with Crippen molar-refractivity contribution in [2.45, 2.75) is 96.3 Å². The van der Waals surface area contributed by atoms with E-state index in [1.807, 2.05) is 6.92 Å². The largest absolute Gasteiger partial charge is 0.459 e. The van der Waals surface area contributed by atoms with Gasteiger partial charge >= 0.3 is 0 Å². The summed E-state index contributed by atoms with van der Waals surface area (Å²) in [6.07, 6.45) is 15.4. The third-order valence-corrected chi connectivity index (χ3v) is 6.82. The van der Waals surface area contributed by atoms with Crippen molar-refractivity contribution in [3.05, 3.63) is 11.8 Å². The van der Waals surface area contributed by atoms with Gasteiger partial charge < -0.3 is 19.9 Å². The molecule has 1 heterocycles. The van der Waals surface area contributed by atoms with Gasteiger partial charge in [0.1, 0.15) is 0 Å². The maximum Gasteiger partial charge on any atom is 0.286 e. The molecular weight excluding hydrogens is 354 g/mol. The molecule has 0 saturated heterocycles. The van der Waals surface area contributed by atoms with Crippen LogP contribution in [0.5, 0.6) is 0 Å². The highest BCUT2D eigenvalue weighted by atomic mass is 16.7. The van der Waals surface area contributed by atoms with Crippen LogP contribution in [-0.2, 0) is 14.3 Å². The minimum absolute atomic E-state index is 0.0713. The van der Waals surface area contributed by atoms with Crippen LogP contribution in [0.3, 0.4) is 0 Å². The number of carbonyl (C=O) groups is 1. The minimum atomic E-state index is -0.388. The molecule has 3 aliphatic rings. The average molecular weight is 394 g/mol. The summed E-state index contributed by atoms with van der Waals surface area (Å²) < 4.78 is 12.1. The highest BCUT2D eigenvalue weighted by molar-refractivity contribution is 5.91. The van der Waals surface area contributed by atoms with Gasteiger partial charge in [0.05, 0.1) is 0 Å². The summed E-state index contributed by atoms with van der Waals surface area (Å²) in [6.45, 7) is 2.73. The maximum atomic E-state index is 13.0. The number of allylic oxidation sites excluding steroid dienone is 1. The Morgan fingerprint density at radius 1 is 1.14 bits per heavy atom. The van der Waals surface area contributed by atoms with Crippen molar-refractivity contribution < 1.29 is 19.4 Å². The number of rotatable bonds is 8. The molecule has 2 aliphatic carbocycles. The standard InChI is InChI=1S/C23H39NO4/c1-2-27-23-19(14-9-15-25)20(17-10-5-3-6-11-17)16-21(28-23)22(26)24-18-12-7-4-8-13-18/h16-20,23,25H,2-15H2,1H3,(H,24,26)/t19-,20-,23-/m0/s1. The van der Waals surface area contributed by atoms with Crippen molar-refractivity contribution in [3.63, 3.8) is 0 Å². The lowest BCUT2D eigenvalue weighted by Crippen LogP contribution is -2.44. The topological polar surface area (TPSA) is 67.8 Å². The van der Waals surface area contributed by atoms with E-state index >= 15 is 0 Å². The molecule has 0 spiro atoms. The van der Waals surface area contributed by atoms with Crippen LogP contribution in [0, 0.1) is 17.8 Å². The summed E-state index contributed by atoms with van der Waals surface area (Å²) in [5.74, 6) is 1.48. The molecule has 1 amide bonds. The fraction of sp³-hybridized carbons (Fsp3) is 0.870. The van der Waals surface area contributed by atoms with Crippen molar-refractivity contribution in [1.29, 1.82) is 0 Å². The highest BCUT2D eigenvalue weighted by Gasteiger charge is 2.41. The lowest BCUT2D eigenvalue weighted by molar-refractivity contribution is -0.177. The van der Waals surface area contributed by atoms with Gasteiger partial charge in [0.2, 0.25) is 6.29 Å². The zero-order chi connectivity index (χ0) is 19.8. The molecule has 0 aromatic carbocycles. The first-order valence-electron chi connectivity index (χ1n) is 11.6.